The SMILES string of the molecule is CC(C)C(=O)c1sc(N2CCCN(C)CC2)c(C#N)c1N. The lowest BCUT2D eigenvalue weighted by Gasteiger charge is -2.21. The number of nitrogens with two attached hydrogens (primary N) is 1. The fourth-order valence-corrected chi connectivity index (χ4v) is 3.77. The summed E-state index contributed by atoms with van der Waals surface area (Å²) in [6.45, 7) is 7.48. The minimum atomic E-state index is -0.111. The average molecular weight is 306 g/mol. The number of hydrogen-bond acceptors (Lipinski definition) is 6. The predicted molar refractivity (Wildman–Crippen MR) is 86.9 cm³/mol. The number of rotatable bonds is 3. The van der Waals surface area contributed by atoms with Gasteiger partial charge in [0.2, 0.25) is 0 Å². The molecule has 1 fully saturated rings. The average Bonchev–Trinajstić information content (AvgIpc) is 2.62. The van der Waals surface area contributed by atoms with E-state index in [1.807, 2.05) is 13.8 Å². The number of Topliss-reactive ketones (excluding diaryl/α,β-unsaturated/α-hetero) is 1. The second-order valence-corrected chi connectivity index (χ2v) is 6.80. The molecular weight excluding hydrogens is 284 g/mol. The number of hydrogen-bond donors (Lipinski definition) is 1. The predicted octanol–water partition coefficient (Wildman–Crippen LogP) is 2.18. The summed E-state index contributed by atoms with van der Waals surface area (Å²) in [5.41, 5.74) is 6.88. The first-order chi connectivity index (χ1) is 9.95. The van der Waals surface area contributed by atoms with Gasteiger partial charge in [-0.1, -0.05) is 13.8 Å². The largest absolute Gasteiger partial charge is 0.396 e. The van der Waals surface area contributed by atoms with Crippen LogP contribution in [0.5, 0.6) is 0 Å². The van der Waals surface area contributed by atoms with E-state index >= 15 is 0 Å². The third-order valence-corrected chi connectivity index (χ3v) is 5.07. The smallest absolute Gasteiger partial charge is 0.177 e. The highest BCUT2D eigenvalue weighted by Gasteiger charge is 2.26. The van der Waals surface area contributed by atoms with Crippen molar-refractivity contribution in [2.24, 2.45) is 5.92 Å². The number of carbonyl (C=O) groups excluding carboxylic acids is 1. The molecule has 1 aromatic heterocycles. The minimum Gasteiger partial charge on any atom is -0.396 e. The molecule has 1 aromatic rings. The van der Waals surface area contributed by atoms with Gasteiger partial charge in [0.05, 0.1) is 10.6 Å². The molecule has 0 saturated carbocycles. The normalized spacial score (nSPS) is 16.8. The van der Waals surface area contributed by atoms with Crippen molar-refractivity contribution in [3.05, 3.63) is 10.4 Å². The lowest BCUT2D eigenvalue weighted by atomic mass is 10.1. The molecule has 0 aromatic carbocycles. The van der Waals surface area contributed by atoms with Gasteiger partial charge in [0.1, 0.15) is 16.6 Å². The number of nitrogen functional groups attached to an aromatic ring is 1. The fraction of sp³-hybridized carbons (Fsp3) is 0.600. The van der Waals surface area contributed by atoms with Gasteiger partial charge in [0.15, 0.2) is 5.78 Å². The zero-order valence-corrected chi connectivity index (χ0v) is 13.7. The third kappa shape index (κ3) is 3.20. The number of anilines is 2. The Morgan fingerprint density at radius 2 is 2.05 bits per heavy atom. The third-order valence-electron chi connectivity index (χ3n) is 3.79. The van der Waals surface area contributed by atoms with Gasteiger partial charge in [-0.2, -0.15) is 5.26 Å². The van der Waals surface area contributed by atoms with E-state index in [9.17, 15) is 10.1 Å². The van der Waals surface area contributed by atoms with Crippen LogP contribution >= 0.6 is 11.3 Å². The molecule has 0 spiro atoms. The van der Waals surface area contributed by atoms with Crippen LogP contribution < -0.4 is 10.6 Å². The topological polar surface area (TPSA) is 73.4 Å². The Labute approximate surface area is 129 Å². The van der Waals surface area contributed by atoms with Crippen molar-refractivity contribution in [2.45, 2.75) is 20.3 Å². The quantitative estimate of drug-likeness (QED) is 0.867. The van der Waals surface area contributed by atoms with Gasteiger partial charge in [-0.05, 0) is 20.0 Å². The molecule has 0 atom stereocenters. The summed E-state index contributed by atoms with van der Waals surface area (Å²) < 4.78 is 0. The van der Waals surface area contributed by atoms with Gasteiger partial charge in [-0.3, -0.25) is 4.79 Å². The minimum absolute atomic E-state index is 0.0205. The van der Waals surface area contributed by atoms with Crippen molar-refractivity contribution in [2.75, 3.05) is 43.9 Å². The molecular formula is C15H22N4OS. The van der Waals surface area contributed by atoms with Crippen molar-refractivity contribution >= 4 is 27.8 Å². The van der Waals surface area contributed by atoms with Crippen LogP contribution in [0.15, 0.2) is 0 Å². The number of thiophene rings is 1. The lowest BCUT2D eigenvalue weighted by Crippen LogP contribution is -2.28. The van der Waals surface area contributed by atoms with Crippen molar-refractivity contribution < 1.29 is 4.79 Å². The van der Waals surface area contributed by atoms with Gasteiger partial charge in [-0.15, -0.1) is 11.3 Å². The van der Waals surface area contributed by atoms with Crippen LogP contribution in [0.2, 0.25) is 0 Å². The Bertz CT molecular complexity index is 573. The first kappa shape index (κ1) is 15.8. The molecule has 1 saturated heterocycles. The molecule has 0 bridgehead atoms. The first-order valence-electron chi connectivity index (χ1n) is 7.25. The molecule has 6 heteroatoms. The summed E-state index contributed by atoms with van der Waals surface area (Å²) in [4.78, 5) is 17.3. The summed E-state index contributed by atoms with van der Waals surface area (Å²) in [5, 5.41) is 10.3. The lowest BCUT2D eigenvalue weighted by molar-refractivity contribution is 0.0944. The first-order valence-corrected chi connectivity index (χ1v) is 8.07. The van der Waals surface area contributed by atoms with E-state index in [0.29, 0.717) is 16.1 Å². The van der Waals surface area contributed by atoms with E-state index < -0.39 is 0 Å². The van der Waals surface area contributed by atoms with E-state index in [-0.39, 0.29) is 11.7 Å². The number of nitriles is 1. The monoisotopic (exact) mass is 306 g/mol. The summed E-state index contributed by atoms with van der Waals surface area (Å²) in [7, 11) is 2.10. The zero-order chi connectivity index (χ0) is 15.6. The van der Waals surface area contributed by atoms with Crippen LogP contribution in [0.1, 0.15) is 35.5 Å². The standard InChI is InChI=1S/C15H22N4OS/c1-10(2)13(20)14-12(17)11(9-16)15(21-14)19-6-4-5-18(3)7-8-19/h10H,4-8,17H2,1-3H3. The van der Waals surface area contributed by atoms with Crippen LogP contribution in [0.3, 0.4) is 0 Å². The molecule has 2 N–H and O–H groups in total. The van der Waals surface area contributed by atoms with Crippen molar-refractivity contribution in [3.63, 3.8) is 0 Å². The zero-order valence-electron chi connectivity index (χ0n) is 12.8. The van der Waals surface area contributed by atoms with E-state index in [2.05, 4.69) is 22.9 Å². The summed E-state index contributed by atoms with van der Waals surface area (Å²) in [6, 6.07) is 2.18. The Balaban J connectivity index is 2.37. The van der Waals surface area contributed by atoms with Crippen LogP contribution in [0.4, 0.5) is 10.7 Å². The molecule has 5 nitrogen and oxygen atoms in total. The molecule has 114 valence electrons. The molecule has 2 rings (SSSR count). The Kier molecular flexibility index (Phi) is 4.86. The van der Waals surface area contributed by atoms with Gasteiger partial charge < -0.3 is 15.5 Å². The molecule has 0 amide bonds. The van der Waals surface area contributed by atoms with E-state index in [1.165, 1.54) is 11.3 Å². The molecule has 0 aliphatic carbocycles. The summed E-state index contributed by atoms with van der Waals surface area (Å²) in [5.74, 6) is -0.0900. The second kappa shape index (κ2) is 6.46. The van der Waals surface area contributed by atoms with Gasteiger partial charge in [0.25, 0.3) is 0 Å². The Hall–Kier alpha value is -1.58. The highest BCUT2D eigenvalue weighted by atomic mass is 32.1. The number of nitrogens with zero attached hydrogens (tertiary/aromatic N) is 3. The number of likely N-dealkylation sites (N-methyl/N-ethyl adjacent to an activating group) is 1. The van der Waals surface area contributed by atoms with E-state index in [0.717, 1.165) is 37.6 Å². The highest BCUT2D eigenvalue weighted by molar-refractivity contribution is 7.19. The van der Waals surface area contributed by atoms with E-state index in [4.69, 9.17) is 5.73 Å². The Morgan fingerprint density at radius 3 is 2.67 bits per heavy atom. The number of carbonyl (C=O) groups is 1. The summed E-state index contributed by atoms with van der Waals surface area (Å²) in [6.07, 6.45) is 1.05. The second-order valence-electron chi connectivity index (χ2n) is 5.80. The highest BCUT2D eigenvalue weighted by Crippen LogP contribution is 2.39. The van der Waals surface area contributed by atoms with Crippen molar-refractivity contribution in [3.8, 4) is 6.07 Å². The van der Waals surface area contributed by atoms with Crippen LogP contribution in [-0.4, -0.2) is 43.9 Å². The van der Waals surface area contributed by atoms with Gasteiger partial charge in [-0.25, -0.2) is 0 Å². The molecule has 2 heterocycles. The maximum Gasteiger partial charge on any atom is 0.177 e. The van der Waals surface area contributed by atoms with Crippen LogP contribution in [0.25, 0.3) is 0 Å². The molecule has 0 radical (unpaired) electrons. The summed E-state index contributed by atoms with van der Waals surface area (Å²) >= 11 is 1.37. The van der Waals surface area contributed by atoms with Crippen molar-refractivity contribution in [1.82, 2.24) is 4.90 Å². The maximum atomic E-state index is 12.2. The Morgan fingerprint density at radius 1 is 1.33 bits per heavy atom. The van der Waals surface area contributed by atoms with Gasteiger partial charge in [0, 0.05) is 25.6 Å². The van der Waals surface area contributed by atoms with Crippen LogP contribution in [-0.2, 0) is 0 Å². The van der Waals surface area contributed by atoms with Crippen LogP contribution in [0, 0.1) is 17.2 Å². The number of ketones is 1. The fourth-order valence-electron chi connectivity index (χ4n) is 2.46. The maximum absolute atomic E-state index is 12.2. The van der Waals surface area contributed by atoms with E-state index in [1.54, 1.807) is 0 Å². The van der Waals surface area contributed by atoms with Gasteiger partial charge >= 0.3 is 0 Å². The van der Waals surface area contributed by atoms with Crippen molar-refractivity contribution in [1.29, 1.82) is 5.26 Å². The molecule has 21 heavy (non-hydrogen) atoms. The molecule has 1 aliphatic heterocycles. The molecule has 0 unspecified atom stereocenters. The molecule has 1 aliphatic rings.